The predicted octanol–water partition coefficient (Wildman–Crippen LogP) is 0.522. The minimum Gasteiger partial charge on any atom is -0.338 e. The average Bonchev–Trinajstić information content (AvgIpc) is 2.27. The number of nitrogens with zero attached hydrogens (tertiary/aromatic N) is 2. The van der Waals surface area contributed by atoms with Gasteiger partial charge in [-0.25, -0.2) is 0 Å². The number of nitrogens with two attached hydrogens (primary N) is 1. The van der Waals surface area contributed by atoms with E-state index >= 15 is 0 Å². The summed E-state index contributed by atoms with van der Waals surface area (Å²) in [5.41, 5.74) is 5.91. The van der Waals surface area contributed by atoms with Crippen LogP contribution in [0.1, 0.15) is 27.2 Å². The van der Waals surface area contributed by atoms with Gasteiger partial charge in [0.2, 0.25) is 5.91 Å². The second-order valence-corrected chi connectivity index (χ2v) is 5.10. The summed E-state index contributed by atoms with van der Waals surface area (Å²) in [5.74, 6) is 0.328. The van der Waals surface area contributed by atoms with Crippen LogP contribution in [0.25, 0.3) is 0 Å². The maximum Gasteiger partial charge on any atom is 0.239 e. The van der Waals surface area contributed by atoms with Crippen LogP contribution in [0.4, 0.5) is 0 Å². The molecule has 1 aliphatic heterocycles. The Morgan fingerprint density at radius 1 is 1.44 bits per heavy atom. The van der Waals surface area contributed by atoms with Crippen LogP contribution < -0.4 is 5.73 Å². The minimum atomic E-state index is -0.346. The fourth-order valence-electron chi connectivity index (χ4n) is 2.08. The Labute approximate surface area is 98.8 Å². The van der Waals surface area contributed by atoms with E-state index in [9.17, 15) is 4.79 Å². The van der Waals surface area contributed by atoms with Crippen molar-refractivity contribution in [1.82, 2.24) is 9.80 Å². The molecular formula is C12H25N3O. The summed E-state index contributed by atoms with van der Waals surface area (Å²) >= 11 is 0. The number of hydrogen-bond acceptors (Lipinski definition) is 3. The van der Waals surface area contributed by atoms with Crippen LogP contribution in [0, 0.1) is 5.92 Å². The molecule has 1 fully saturated rings. The van der Waals surface area contributed by atoms with Crippen molar-refractivity contribution in [2.24, 2.45) is 11.7 Å². The Kier molecular flexibility index (Phi) is 4.74. The molecule has 0 radical (unpaired) electrons. The lowest BCUT2D eigenvalue weighted by molar-refractivity contribution is -0.136. The largest absolute Gasteiger partial charge is 0.338 e. The van der Waals surface area contributed by atoms with E-state index in [2.05, 4.69) is 18.9 Å². The van der Waals surface area contributed by atoms with Gasteiger partial charge in [-0.3, -0.25) is 9.69 Å². The maximum atomic E-state index is 12.1. The first kappa shape index (κ1) is 13.5. The highest BCUT2D eigenvalue weighted by Gasteiger charge is 2.29. The molecule has 0 aromatic heterocycles. The molecule has 1 unspecified atom stereocenters. The van der Waals surface area contributed by atoms with Crippen molar-refractivity contribution in [2.45, 2.75) is 39.3 Å². The lowest BCUT2D eigenvalue weighted by Gasteiger charge is -2.40. The van der Waals surface area contributed by atoms with E-state index in [0.29, 0.717) is 6.04 Å². The molecule has 0 spiro atoms. The van der Waals surface area contributed by atoms with Gasteiger partial charge in [-0.15, -0.1) is 0 Å². The first-order chi connectivity index (χ1) is 7.47. The van der Waals surface area contributed by atoms with Gasteiger partial charge in [-0.2, -0.15) is 0 Å². The second kappa shape index (κ2) is 5.64. The molecule has 2 atom stereocenters. The topological polar surface area (TPSA) is 49.6 Å². The van der Waals surface area contributed by atoms with Crippen molar-refractivity contribution in [2.75, 3.05) is 26.7 Å². The number of rotatable bonds is 3. The molecule has 4 nitrogen and oxygen atoms in total. The summed E-state index contributed by atoms with van der Waals surface area (Å²) in [6.07, 6.45) is 1.08. The highest BCUT2D eigenvalue weighted by molar-refractivity contribution is 5.82. The zero-order chi connectivity index (χ0) is 12.3. The maximum absolute atomic E-state index is 12.1. The van der Waals surface area contributed by atoms with Crippen LogP contribution in [0.3, 0.4) is 0 Å². The van der Waals surface area contributed by atoms with Crippen LogP contribution >= 0.6 is 0 Å². The SMILES string of the molecule is CCC1CN(C(=O)[C@H](N)C(C)C)CCN1C. The Balaban J connectivity index is 2.58. The van der Waals surface area contributed by atoms with Crippen molar-refractivity contribution in [3.8, 4) is 0 Å². The smallest absolute Gasteiger partial charge is 0.239 e. The highest BCUT2D eigenvalue weighted by atomic mass is 16.2. The number of hydrogen-bond donors (Lipinski definition) is 1. The molecule has 0 aromatic carbocycles. The standard InChI is InChI=1S/C12H25N3O/c1-5-10-8-15(7-6-14(10)4)12(16)11(13)9(2)3/h9-11H,5-8,13H2,1-4H3/t10?,11-/m1/s1. The molecule has 4 heteroatoms. The lowest BCUT2D eigenvalue weighted by Crippen LogP contribution is -2.57. The molecule has 0 saturated carbocycles. The Morgan fingerprint density at radius 2 is 2.06 bits per heavy atom. The molecule has 1 amide bonds. The molecule has 2 N–H and O–H groups in total. The number of carbonyl (C=O) groups excluding carboxylic acids is 1. The normalized spacial score (nSPS) is 24.9. The molecule has 1 heterocycles. The van der Waals surface area contributed by atoms with Crippen LogP contribution in [-0.2, 0) is 4.79 Å². The summed E-state index contributed by atoms with van der Waals surface area (Å²) < 4.78 is 0. The summed E-state index contributed by atoms with van der Waals surface area (Å²) in [4.78, 5) is 16.3. The van der Waals surface area contributed by atoms with E-state index < -0.39 is 0 Å². The van der Waals surface area contributed by atoms with E-state index in [1.165, 1.54) is 0 Å². The number of likely N-dealkylation sites (N-methyl/N-ethyl adjacent to an activating group) is 1. The molecule has 1 rings (SSSR count). The van der Waals surface area contributed by atoms with Crippen molar-refractivity contribution >= 4 is 5.91 Å². The van der Waals surface area contributed by atoms with Gasteiger partial charge >= 0.3 is 0 Å². The first-order valence-electron chi connectivity index (χ1n) is 6.22. The van der Waals surface area contributed by atoms with Gasteiger partial charge in [0.05, 0.1) is 6.04 Å². The molecule has 1 saturated heterocycles. The second-order valence-electron chi connectivity index (χ2n) is 5.10. The molecular weight excluding hydrogens is 202 g/mol. The van der Waals surface area contributed by atoms with E-state index in [1.807, 2.05) is 18.7 Å². The van der Waals surface area contributed by atoms with E-state index in [1.54, 1.807) is 0 Å². The fourth-order valence-corrected chi connectivity index (χ4v) is 2.08. The average molecular weight is 227 g/mol. The van der Waals surface area contributed by atoms with Gasteiger partial charge in [-0.1, -0.05) is 20.8 Å². The lowest BCUT2D eigenvalue weighted by atomic mass is 10.0. The monoisotopic (exact) mass is 227 g/mol. The van der Waals surface area contributed by atoms with Crippen molar-refractivity contribution in [3.05, 3.63) is 0 Å². The predicted molar refractivity (Wildman–Crippen MR) is 66.1 cm³/mol. The summed E-state index contributed by atoms with van der Waals surface area (Å²) in [7, 11) is 2.12. The number of piperazine rings is 1. The Hall–Kier alpha value is -0.610. The molecule has 0 bridgehead atoms. The third-order valence-electron chi connectivity index (χ3n) is 3.56. The third-order valence-corrected chi connectivity index (χ3v) is 3.56. The van der Waals surface area contributed by atoms with Gasteiger partial charge in [0, 0.05) is 25.7 Å². The third kappa shape index (κ3) is 2.95. The zero-order valence-electron chi connectivity index (χ0n) is 10.9. The summed E-state index contributed by atoms with van der Waals surface area (Å²) in [5, 5.41) is 0. The molecule has 1 aliphatic rings. The van der Waals surface area contributed by atoms with Gasteiger partial charge in [0.25, 0.3) is 0 Å². The van der Waals surface area contributed by atoms with E-state index in [4.69, 9.17) is 5.73 Å². The number of amides is 1. The fraction of sp³-hybridized carbons (Fsp3) is 0.917. The Bertz CT molecular complexity index is 242. The van der Waals surface area contributed by atoms with Crippen molar-refractivity contribution in [3.63, 3.8) is 0 Å². The van der Waals surface area contributed by atoms with Gasteiger partial charge < -0.3 is 10.6 Å². The summed E-state index contributed by atoms with van der Waals surface area (Å²) in [6, 6.07) is 0.137. The molecule has 0 aliphatic carbocycles. The quantitative estimate of drug-likeness (QED) is 0.765. The molecule has 94 valence electrons. The van der Waals surface area contributed by atoms with E-state index in [-0.39, 0.29) is 17.9 Å². The van der Waals surface area contributed by atoms with E-state index in [0.717, 1.165) is 26.1 Å². The first-order valence-corrected chi connectivity index (χ1v) is 6.22. The molecule has 16 heavy (non-hydrogen) atoms. The van der Waals surface area contributed by atoms with Crippen LogP contribution in [-0.4, -0.2) is 54.5 Å². The Morgan fingerprint density at radius 3 is 2.56 bits per heavy atom. The van der Waals surface area contributed by atoms with Crippen LogP contribution in [0.5, 0.6) is 0 Å². The van der Waals surface area contributed by atoms with Crippen LogP contribution in [0.15, 0.2) is 0 Å². The zero-order valence-corrected chi connectivity index (χ0v) is 10.9. The highest BCUT2D eigenvalue weighted by Crippen LogP contribution is 2.13. The van der Waals surface area contributed by atoms with Crippen molar-refractivity contribution in [1.29, 1.82) is 0 Å². The van der Waals surface area contributed by atoms with Gasteiger partial charge in [-0.05, 0) is 19.4 Å². The summed E-state index contributed by atoms with van der Waals surface area (Å²) in [6.45, 7) is 8.75. The van der Waals surface area contributed by atoms with Crippen molar-refractivity contribution < 1.29 is 4.79 Å². The molecule has 0 aromatic rings. The van der Waals surface area contributed by atoms with Crippen LogP contribution in [0.2, 0.25) is 0 Å². The minimum absolute atomic E-state index is 0.113. The van der Waals surface area contributed by atoms with Gasteiger partial charge in [0.15, 0.2) is 0 Å². The van der Waals surface area contributed by atoms with Gasteiger partial charge in [0.1, 0.15) is 0 Å². The number of carbonyl (C=O) groups is 1.